The molecule has 104 valence electrons. The van der Waals surface area contributed by atoms with E-state index in [1.54, 1.807) is 6.92 Å². The predicted molar refractivity (Wildman–Crippen MR) is 62.8 cm³/mol. The molecule has 0 radical (unpaired) electrons. The first kappa shape index (κ1) is 14.9. The molecule has 1 unspecified atom stereocenters. The van der Waals surface area contributed by atoms with E-state index in [2.05, 4.69) is 0 Å². The number of nitrogens with zero attached hydrogens (tertiary/aromatic N) is 1. The van der Waals surface area contributed by atoms with Crippen LogP contribution in [0.5, 0.6) is 0 Å². The Bertz CT molecular complexity index is 310. The Hall–Kier alpha value is -1.18. The molecule has 0 aliphatic carbocycles. The molecule has 1 heterocycles. The summed E-state index contributed by atoms with van der Waals surface area (Å²) in [5.74, 6) is -1.44. The molecular formula is C11H20N2O5. The molecule has 1 rings (SSSR count). The average Bonchev–Trinajstić information content (AvgIpc) is 2.71. The van der Waals surface area contributed by atoms with Crippen molar-refractivity contribution in [2.75, 3.05) is 19.7 Å². The van der Waals surface area contributed by atoms with Crippen LogP contribution in [0, 0.1) is 0 Å². The molecule has 0 saturated carbocycles. The second kappa shape index (κ2) is 6.67. The lowest BCUT2D eigenvalue weighted by atomic mass is 10.2. The number of carbonyl (C=O) groups excluding carboxylic acids is 1. The number of carboxylic acids is 1. The van der Waals surface area contributed by atoms with Gasteiger partial charge in [-0.15, -0.1) is 0 Å². The number of carbonyl (C=O) groups is 2. The normalized spacial score (nSPS) is 25.2. The van der Waals surface area contributed by atoms with Gasteiger partial charge in [-0.1, -0.05) is 0 Å². The maximum Gasteiger partial charge on any atom is 0.326 e. The van der Waals surface area contributed by atoms with Crippen LogP contribution in [0.25, 0.3) is 0 Å². The number of hydrogen-bond acceptors (Lipinski definition) is 5. The summed E-state index contributed by atoms with van der Waals surface area (Å²) < 4.78 is 5.26. The van der Waals surface area contributed by atoms with Gasteiger partial charge >= 0.3 is 5.97 Å². The number of ether oxygens (including phenoxy) is 1. The molecule has 3 atom stereocenters. The van der Waals surface area contributed by atoms with Crippen LogP contribution in [-0.4, -0.2) is 64.9 Å². The Kier molecular flexibility index (Phi) is 5.52. The van der Waals surface area contributed by atoms with Crippen LogP contribution in [0.4, 0.5) is 0 Å². The van der Waals surface area contributed by atoms with Gasteiger partial charge in [0.1, 0.15) is 6.04 Å². The van der Waals surface area contributed by atoms with Crippen LogP contribution in [0.1, 0.15) is 19.8 Å². The quantitative estimate of drug-likeness (QED) is 0.552. The fourth-order valence-corrected chi connectivity index (χ4v) is 2.08. The molecule has 1 aliphatic rings. The van der Waals surface area contributed by atoms with Gasteiger partial charge in [-0.05, 0) is 6.92 Å². The van der Waals surface area contributed by atoms with Gasteiger partial charge < -0.3 is 25.6 Å². The van der Waals surface area contributed by atoms with Crippen molar-refractivity contribution < 1.29 is 24.5 Å². The Morgan fingerprint density at radius 2 is 2.22 bits per heavy atom. The first-order valence-corrected chi connectivity index (χ1v) is 6.01. The summed E-state index contributed by atoms with van der Waals surface area (Å²) >= 11 is 0. The molecule has 7 nitrogen and oxygen atoms in total. The highest BCUT2D eigenvalue weighted by atomic mass is 16.5. The fourth-order valence-electron chi connectivity index (χ4n) is 2.08. The number of aliphatic carboxylic acids is 1. The SMILES string of the molecule is CCOC(CN)CC(=O)N1C[C@@H](O)C[C@H]1C(=O)O. The van der Waals surface area contributed by atoms with E-state index in [0.717, 1.165) is 0 Å². The molecule has 1 amide bonds. The first-order chi connectivity index (χ1) is 8.49. The number of nitrogens with two attached hydrogens (primary N) is 1. The number of rotatable bonds is 6. The summed E-state index contributed by atoms with van der Waals surface area (Å²) in [6.45, 7) is 2.50. The molecule has 4 N–H and O–H groups in total. The van der Waals surface area contributed by atoms with Crippen molar-refractivity contribution in [3.8, 4) is 0 Å². The minimum Gasteiger partial charge on any atom is -0.480 e. The van der Waals surface area contributed by atoms with E-state index in [4.69, 9.17) is 15.6 Å². The second-order valence-corrected chi connectivity index (χ2v) is 4.31. The van der Waals surface area contributed by atoms with E-state index >= 15 is 0 Å². The topological polar surface area (TPSA) is 113 Å². The zero-order valence-electron chi connectivity index (χ0n) is 10.4. The highest BCUT2D eigenvalue weighted by Gasteiger charge is 2.39. The molecule has 1 aliphatic heterocycles. The van der Waals surface area contributed by atoms with Crippen LogP contribution in [-0.2, 0) is 14.3 Å². The largest absolute Gasteiger partial charge is 0.480 e. The van der Waals surface area contributed by atoms with Crippen LogP contribution in [0.15, 0.2) is 0 Å². The van der Waals surface area contributed by atoms with Gasteiger partial charge in [0.2, 0.25) is 5.91 Å². The molecule has 7 heteroatoms. The van der Waals surface area contributed by atoms with Gasteiger partial charge in [0.15, 0.2) is 0 Å². The van der Waals surface area contributed by atoms with Crippen molar-refractivity contribution in [1.29, 1.82) is 0 Å². The van der Waals surface area contributed by atoms with Crippen molar-refractivity contribution in [1.82, 2.24) is 4.90 Å². The minimum atomic E-state index is -1.10. The number of amides is 1. The molecule has 1 fully saturated rings. The molecule has 0 aromatic heterocycles. The molecule has 0 bridgehead atoms. The van der Waals surface area contributed by atoms with Crippen molar-refractivity contribution >= 4 is 11.9 Å². The number of likely N-dealkylation sites (tertiary alicyclic amines) is 1. The van der Waals surface area contributed by atoms with Crippen LogP contribution in [0.3, 0.4) is 0 Å². The van der Waals surface area contributed by atoms with Gasteiger partial charge in [0.05, 0.1) is 18.6 Å². The highest BCUT2D eigenvalue weighted by molar-refractivity contribution is 5.84. The number of aliphatic hydroxyl groups excluding tert-OH is 1. The molecule has 0 aromatic rings. The fraction of sp³-hybridized carbons (Fsp3) is 0.818. The number of hydrogen-bond donors (Lipinski definition) is 3. The minimum absolute atomic E-state index is 0.0425. The van der Waals surface area contributed by atoms with E-state index < -0.39 is 24.2 Å². The lowest BCUT2D eigenvalue weighted by Gasteiger charge is -2.23. The third-order valence-corrected chi connectivity index (χ3v) is 2.95. The van der Waals surface area contributed by atoms with Crippen LogP contribution < -0.4 is 5.73 Å². The van der Waals surface area contributed by atoms with Crippen molar-refractivity contribution in [2.45, 2.75) is 38.0 Å². The van der Waals surface area contributed by atoms with Crippen molar-refractivity contribution in [3.05, 3.63) is 0 Å². The Balaban J connectivity index is 2.61. The van der Waals surface area contributed by atoms with Crippen molar-refractivity contribution in [3.63, 3.8) is 0 Å². The zero-order valence-corrected chi connectivity index (χ0v) is 10.4. The predicted octanol–water partition coefficient (Wildman–Crippen LogP) is -1.21. The third-order valence-electron chi connectivity index (χ3n) is 2.95. The van der Waals surface area contributed by atoms with Gasteiger partial charge in [0, 0.05) is 26.1 Å². The van der Waals surface area contributed by atoms with Crippen molar-refractivity contribution in [2.24, 2.45) is 5.73 Å². The van der Waals surface area contributed by atoms with Crippen LogP contribution >= 0.6 is 0 Å². The summed E-state index contributed by atoms with van der Waals surface area (Å²) in [6.07, 6.45) is -1.07. The maximum atomic E-state index is 12.0. The van der Waals surface area contributed by atoms with E-state index in [9.17, 15) is 14.7 Å². The molecule has 1 saturated heterocycles. The Labute approximate surface area is 106 Å². The number of aliphatic hydroxyl groups is 1. The summed E-state index contributed by atoms with van der Waals surface area (Å²) in [5.41, 5.74) is 5.47. The summed E-state index contributed by atoms with van der Waals surface area (Å²) in [6, 6.07) is -0.951. The molecule has 0 spiro atoms. The zero-order chi connectivity index (χ0) is 13.7. The second-order valence-electron chi connectivity index (χ2n) is 4.31. The summed E-state index contributed by atoms with van der Waals surface area (Å²) in [7, 11) is 0. The van der Waals surface area contributed by atoms with E-state index in [1.807, 2.05) is 0 Å². The highest BCUT2D eigenvalue weighted by Crippen LogP contribution is 2.19. The summed E-state index contributed by atoms with van der Waals surface area (Å²) in [4.78, 5) is 24.1. The monoisotopic (exact) mass is 260 g/mol. The molecule has 18 heavy (non-hydrogen) atoms. The van der Waals surface area contributed by atoms with E-state index in [0.29, 0.717) is 6.61 Å². The Morgan fingerprint density at radius 3 is 2.72 bits per heavy atom. The van der Waals surface area contributed by atoms with E-state index in [-0.39, 0.29) is 31.8 Å². The standard InChI is InChI=1S/C11H20N2O5/c1-2-18-8(5-12)4-10(15)13-6-7(14)3-9(13)11(16)17/h7-9,14H,2-6,12H2,1H3,(H,16,17)/t7-,8?,9-/m0/s1. The lowest BCUT2D eigenvalue weighted by molar-refractivity contribution is -0.149. The van der Waals surface area contributed by atoms with Gasteiger partial charge in [-0.2, -0.15) is 0 Å². The van der Waals surface area contributed by atoms with E-state index in [1.165, 1.54) is 4.90 Å². The van der Waals surface area contributed by atoms with Gasteiger partial charge in [-0.3, -0.25) is 4.79 Å². The average molecular weight is 260 g/mol. The third kappa shape index (κ3) is 3.66. The maximum absolute atomic E-state index is 12.0. The number of β-amino-alcohol motifs (C(OH)–C–C–N with tert-alkyl or cyclic N) is 1. The first-order valence-electron chi connectivity index (χ1n) is 6.01. The summed E-state index contributed by atoms with van der Waals surface area (Å²) in [5, 5.41) is 18.4. The Morgan fingerprint density at radius 1 is 1.56 bits per heavy atom. The van der Waals surface area contributed by atoms with Crippen LogP contribution in [0.2, 0.25) is 0 Å². The van der Waals surface area contributed by atoms with Gasteiger partial charge in [-0.25, -0.2) is 4.79 Å². The molecular weight excluding hydrogens is 240 g/mol. The number of carboxylic acid groups (broad SMARTS) is 1. The van der Waals surface area contributed by atoms with Gasteiger partial charge in [0.25, 0.3) is 0 Å². The molecule has 0 aromatic carbocycles. The lowest BCUT2D eigenvalue weighted by Crippen LogP contribution is -2.43. The smallest absolute Gasteiger partial charge is 0.326 e.